The fourth-order valence-electron chi connectivity index (χ4n) is 2.37. The van der Waals surface area contributed by atoms with Gasteiger partial charge in [0.1, 0.15) is 0 Å². The van der Waals surface area contributed by atoms with E-state index in [0.717, 1.165) is 44.9 Å². The summed E-state index contributed by atoms with van der Waals surface area (Å²) in [5.74, 6) is 0.763. The van der Waals surface area contributed by atoms with Crippen LogP contribution in [0.2, 0.25) is 0 Å². The van der Waals surface area contributed by atoms with Crippen molar-refractivity contribution in [2.45, 2.75) is 72.6 Å². The largest absolute Gasteiger partial charge is 0.396 e. The highest BCUT2D eigenvalue weighted by molar-refractivity contribution is 4.75. The second-order valence-corrected chi connectivity index (χ2v) is 6.42. The van der Waals surface area contributed by atoms with Gasteiger partial charge in [0.2, 0.25) is 0 Å². The highest BCUT2D eigenvalue weighted by Gasteiger charge is 2.25. The lowest BCUT2D eigenvalue weighted by Crippen LogP contribution is -2.28. The Morgan fingerprint density at radius 2 is 1.23 bits per heavy atom. The third kappa shape index (κ3) is 10.5. The van der Waals surface area contributed by atoms with Gasteiger partial charge in [-0.2, -0.15) is 0 Å². The molecule has 4 heteroatoms. The van der Waals surface area contributed by atoms with Crippen molar-refractivity contribution in [2.75, 3.05) is 26.4 Å². The SMILES string of the molecule is CCC(CO)CC(CC)CO.CCCCC(CC)(CO)CO. The summed E-state index contributed by atoms with van der Waals surface area (Å²) in [7, 11) is 0. The predicted octanol–water partition coefficient (Wildman–Crippen LogP) is 2.97. The quantitative estimate of drug-likeness (QED) is 0.446. The number of unbranched alkanes of at least 4 members (excludes halogenated alkanes) is 1. The van der Waals surface area contributed by atoms with Crippen molar-refractivity contribution in [1.29, 1.82) is 0 Å². The minimum Gasteiger partial charge on any atom is -0.396 e. The Bertz CT molecular complexity index is 191. The Morgan fingerprint density at radius 1 is 0.773 bits per heavy atom. The Kier molecular flexibility index (Phi) is 17.2. The lowest BCUT2D eigenvalue weighted by atomic mass is 9.82. The third-order valence-corrected chi connectivity index (χ3v) is 4.82. The van der Waals surface area contributed by atoms with Crippen molar-refractivity contribution >= 4 is 0 Å². The predicted molar refractivity (Wildman–Crippen MR) is 92.8 cm³/mol. The van der Waals surface area contributed by atoms with Crippen LogP contribution in [0.1, 0.15) is 72.6 Å². The minimum atomic E-state index is -0.212. The van der Waals surface area contributed by atoms with E-state index in [0.29, 0.717) is 11.8 Å². The summed E-state index contributed by atoms with van der Waals surface area (Å²) < 4.78 is 0. The van der Waals surface area contributed by atoms with Crippen LogP contribution in [-0.2, 0) is 0 Å². The molecule has 136 valence electrons. The van der Waals surface area contributed by atoms with Gasteiger partial charge in [-0.05, 0) is 31.1 Å². The summed E-state index contributed by atoms with van der Waals surface area (Å²) in [6.07, 6.45) is 6.99. The van der Waals surface area contributed by atoms with E-state index in [1.54, 1.807) is 0 Å². The smallest absolute Gasteiger partial charge is 0.0509 e. The monoisotopic (exact) mass is 320 g/mol. The summed E-state index contributed by atoms with van der Waals surface area (Å²) in [6.45, 7) is 9.02. The normalized spacial score (nSPS) is 14.2. The zero-order valence-electron chi connectivity index (χ0n) is 15.2. The molecule has 0 bridgehead atoms. The van der Waals surface area contributed by atoms with Crippen molar-refractivity contribution in [3.8, 4) is 0 Å². The standard InChI is InChI=1S/2C9H20O2/c1-3-8(6-10)5-9(4-2)7-11;1-3-5-6-9(4-2,7-10)8-11/h8-11H,3-7H2,1-2H3;10-11H,3-8H2,1-2H3. The van der Waals surface area contributed by atoms with E-state index in [1.807, 2.05) is 6.92 Å². The fraction of sp³-hybridized carbons (Fsp3) is 1.00. The van der Waals surface area contributed by atoms with Crippen LogP contribution < -0.4 is 0 Å². The van der Waals surface area contributed by atoms with E-state index in [1.165, 1.54) is 0 Å². The molecule has 0 rings (SSSR count). The summed E-state index contributed by atoms with van der Waals surface area (Å²) in [5, 5.41) is 35.9. The number of aliphatic hydroxyl groups excluding tert-OH is 4. The molecule has 4 nitrogen and oxygen atoms in total. The Morgan fingerprint density at radius 3 is 1.45 bits per heavy atom. The molecule has 0 amide bonds. The van der Waals surface area contributed by atoms with Gasteiger partial charge in [-0.25, -0.2) is 0 Å². The van der Waals surface area contributed by atoms with Gasteiger partial charge in [0, 0.05) is 18.6 Å². The van der Waals surface area contributed by atoms with Crippen LogP contribution in [-0.4, -0.2) is 46.9 Å². The third-order valence-electron chi connectivity index (χ3n) is 4.82. The lowest BCUT2D eigenvalue weighted by molar-refractivity contribution is 0.0420. The molecule has 2 unspecified atom stereocenters. The average Bonchev–Trinajstić information content (AvgIpc) is 2.58. The minimum absolute atomic E-state index is 0.111. The highest BCUT2D eigenvalue weighted by Crippen LogP contribution is 2.27. The molecule has 0 aromatic rings. The van der Waals surface area contributed by atoms with Crippen molar-refractivity contribution < 1.29 is 20.4 Å². The van der Waals surface area contributed by atoms with Gasteiger partial charge in [0.25, 0.3) is 0 Å². The van der Waals surface area contributed by atoms with E-state index >= 15 is 0 Å². The van der Waals surface area contributed by atoms with Gasteiger partial charge in [0.05, 0.1) is 13.2 Å². The zero-order valence-corrected chi connectivity index (χ0v) is 15.2. The number of hydrogen-bond acceptors (Lipinski definition) is 4. The molecule has 0 aromatic carbocycles. The van der Waals surface area contributed by atoms with Crippen molar-refractivity contribution in [2.24, 2.45) is 17.3 Å². The maximum atomic E-state index is 9.04. The summed E-state index contributed by atoms with van der Waals surface area (Å²) in [4.78, 5) is 0. The first-order chi connectivity index (χ1) is 10.5. The molecular weight excluding hydrogens is 280 g/mol. The van der Waals surface area contributed by atoms with Crippen LogP contribution in [0.3, 0.4) is 0 Å². The summed E-state index contributed by atoms with van der Waals surface area (Å²) >= 11 is 0. The molecule has 22 heavy (non-hydrogen) atoms. The molecule has 0 aliphatic heterocycles. The Balaban J connectivity index is 0. The highest BCUT2D eigenvalue weighted by atomic mass is 16.3. The first-order valence-electron chi connectivity index (χ1n) is 8.96. The molecule has 0 fully saturated rings. The first kappa shape index (κ1) is 24.1. The second kappa shape index (κ2) is 15.7. The fourth-order valence-corrected chi connectivity index (χ4v) is 2.37. The van der Waals surface area contributed by atoms with Gasteiger partial charge in [-0.1, -0.05) is 53.4 Å². The van der Waals surface area contributed by atoms with Crippen LogP contribution in [0.25, 0.3) is 0 Å². The van der Waals surface area contributed by atoms with E-state index in [4.69, 9.17) is 20.4 Å². The summed E-state index contributed by atoms with van der Waals surface area (Å²) in [5.41, 5.74) is -0.212. The van der Waals surface area contributed by atoms with Crippen molar-refractivity contribution in [1.82, 2.24) is 0 Å². The molecule has 0 aliphatic rings. The first-order valence-corrected chi connectivity index (χ1v) is 8.96. The van der Waals surface area contributed by atoms with Crippen LogP contribution in [0, 0.1) is 17.3 Å². The van der Waals surface area contributed by atoms with Gasteiger partial charge in [-0.15, -0.1) is 0 Å². The lowest BCUT2D eigenvalue weighted by Gasteiger charge is -2.27. The number of rotatable bonds is 12. The van der Waals surface area contributed by atoms with Crippen LogP contribution in [0.5, 0.6) is 0 Å². The van der Waals surface area contributed by atoms with E-state index in [9.17, 15) is 0 Å². The van der Waals surface area contributed by atoms with E-state index < -0.39 is 0 Å². The molecule has 2 atom stereocenters. The van der Waals surface area contributed by atoms with Crippen molar-refractivity contribution in [3.05, 3.63) is 0 Å². The van der Waals surface area contributed by atoms with Crippen molar-refractivity contribution in [3.63, 3.8) is 0 Å². The van der Waals surface area contributed by atoms with Crippen LogP contribution >= 0.6 is 0 Å². The molecule has 0 radical (unpaired) electrons. The van der Waals surface area contributed by atoms with E-state index in [2.05, 4.69) is 20.8 Å². The van der Waals surface area contributed by atoms with Gasteiger partial charge in [-0.3, -0.25) is 0 Å². The maximum absolute atomic E-state index is 9.04. The molecule has 0 heterocycles. The second-order valence-electron chi connectivity index (χ2n) is 6.42. The Hall–Kier alpha value is -0.160. The molecular formula is C18H40O4. The Labute approximate surface area is 137 Å². The zero-order chi connectivity index (χ0) is 17.4. The molecule has 0 aromatic heterocycles. The van der Waals surface area contributed by atoms with Crippen LogP contribution in [0.15, 0.2) is 0 Å². The molecule has 0 saturated carbocycles. The van der Waals surface area contributed by atoms with Gasteiger partial charge < -0.3 is 20.4 Å². The number of aliphatic hydroxyl groups is 4. The van der Waals surface area contributed by atoms with Crippen LogP contribution in [0.4, 0.5) is 0 Å². The van der Waals surface area contributed by atoms with Gasteiger partial charge in [0.15, 0.2) is 0 Å². The topological polar surface area (TPSA) is 80.9 Å². The summed E-state index contributed by atoms with van der Waals surface area (Å²) in [6, 6.07) is 0. The maximum Gasteiger partial charge on any atom is 0.0509 e. The molecule has 0 saturated heterocycles. The van der Waals surface area contributed by atoms with Gasteiger partial charge >= 0.3 is 0 Å². The van der Waals surface area contributed by atoms with E-state index in [-0.39, 0.29) is 31.8 Å². The molecule has 4 N–H and O–H groups in total. The molecule has 0 aliphatic carbocycles. The average molecular weight is 321 g/mol. The molecule has 0 spiro atoms. The number of hydrogen-bond donors (Lipinski definition) is 4.